The van der Waals surface area contributed by atoms with Crippen molar-refractivity contribution >= 4 is 27.5 Å². The highest BCUT2D eigenvalue weighted by Gasteiger charge is 2.35. The first-order chi connectivity index (χ1) is 14.2. The summed E-state index contributed by atoms with van der Waals surface area (Å²) in [4.78, 5) is 12.8. The van der Waals surface area contributed by atoms with Gasteiger partial charge in [0.15, 0.2) is 0 Å². The van der Waals surface area contributed by atoms with E-state index in [4.69, 9.17) is 4.74 Å². The van der Waals surface area contributed by atoms with Crippen molar-refractivity contribution in [2.45, 2.75) is 37.5 Å². The lowest BCUT2D eigenvalue weighted by atomic mass is 9.76. The van der Waals surface area contributed by atoms with Crippen LogP contribution in [-0.2, 0) is 15.7 Å². The number of carbonyl (C=O) groups excluding carboxylic acids is 1. The topological polar surface area (TPSA) is 38.3 Å². The summed E-state index contributed by atoms with van der Waals surface area (Å²) in [5.41, 5.74) is -0.334. The van der Waals surface area contributed by atoms with Gasteiger partial charge in [0.05, 0.1) is 23.6 Å². The van der Waals surface area contributed by atoms with Gasteiger partial charge < -0.3 is 10.1 Å². The van der Waals surface area contributed by atoms with E-state index >= 15 is 0 Å². The molecular formula is C22H20BrF4NO2. The molecule has 0 spiro atoms. The zero-order valence-electron chi connectivity index (χ0n) is 15.9. The Morgan fingerprint density at radius 1 is 1.13 bits per heavy atom. The van der Waals surface area contributed by atoms with E-state index in [1.807, 2.05) is 24.3 Å². The molecule has 160 valence electrons. The van der Waals surface area contributed by atoms with E-state index in [2.05, 4.69) is 27.8 Å². The molecule has 0 saturated heterocycles. The zero-order chi connectivity index (χ0) is 21.9. The molecule has 0 radical (unpaired) electrons. The predicted octanol–water partition coefficient (Wildman–Crippen LogP) is 6.66. The Morgan fingerprint density at radius 3 is 2.43 bits per heavy atom. The standard InChI is InChI=1S/C22H20BrF4NO2/c1-2-30-18-10-14(13-3-6-17(23)7-4-13)9-15(11-18)21(29)28-20-8-5-16(12-19(20)24)22(25,26)27/h2-8,12,14-15,18H,1,9-11H2,(H,28,29). The van der Waals surface area contributed by atoms with Gasteiger partial charge in [-0.2, -0.15) is 13.2 Å². The summed E-state index contributed by atoms with van der Waals surface area (Å²) in [6.07, 6.45) is -1.93. The van der Waals surface area contributed by atoms with Gasteiger partial charge in [0.2, 0.25) is 5.91 Å². The SMILES string of the molecule is C=COC1CC(C(=O)Nc2ccc(C(F)(F)F)cc2F)CC(c2ccc(Br)cc2)C1. The van der Waals surface area contributed by atoms with Gasteiger partial charge in [0.25, 0.3) is 0 Å². The van der Waals surface area contributed by atoms with E-state index < -0.39 is 29.4 Å². The first-order valence-corrected chi connectivity index (χ1v) is 10.2. The fourth-order valence-electron chi connectivity index (χ4n) is 3.76. The number of alkyl halides is 3. The van der Waals surface area contributed by atoms with Crippen LogP contribution in [0.25, 0.3) is 0 Å². The summed E-state index contributed by atoms with van der Waals surface area (Å²) < 4.78 is 58.8. The number of halogens is 5. The van der Waals surface area contributed by atoms with Gasteiger partial charge in [-0.3, -0.25) is 4.79 Å². The third-order valence-corrected chi connectivity index (χ3v) is 5.75. The fourth-order valence-corrected chi connectivity index (χ4v) is 4.03. The van der Waals surface area contributed by atoms with Crippen LogP contribution < -0.4 is 5.32 Å². The molecule has 2 aromatic rings. The van der Waals surface area contributed by atoms with Crippen LogP contribution in [0.2, 0.25) is 0 Å². The minimum Gasteiger partial charge on any atom is -0.499 e. The number of benzene rings is 2. The quantitative estimate of drug-likeness (QED) is 0.379. The minimum atomic E-state index is -4.65. The van der Waals surface area contributed by atoms with Crippen molar-refractivity contribution in [2.75, 3.05) is 5.32 Å². The van der Waals surface area contributed by atoms with E-state index in [0.717, 1.165) is 22.2 Å². The van der Waals surface area contributed by atoms with Crippen LogP contribution in [0.1, 0.15) is 36.3 Å². The summed E-state index contributed by atoms with van der Waals surface area (Å²) in [5.74, 6) is -2.02. The third kappa shape index (κ3) is 5.41. The fraction of sp³-hybridized carbons (Fsp3) is 0.318. The molecule has 3 rings (SSSR count). The normalized spacial score (nSPS) is 21.7. The highest BCUT2D eigenvalue weighted by Crippen LogP contribution is 2.39. The van der Waals surface area contributed by atoms with Crippen LogP contribution in [0, 0.1) is 11.7 Å². The lowest BCUT2D eigenvalue weighted by molar-refractivity contribution is -0.137. The first kappa shape index (κ1) is 22.3. The molecule has 1 saturated carbocycles. The number of carbonyl (C=O) groups is 1. The van der Waals surface area contributed by atoms with Gasteiger partial charge in [-0.1, -0.05) is 34.6 Å². The molecule has 3 nitrogen and oxygen atoms in total. The Bertz CT molecular complexity index is 914. The van der Waals surface area contributed by atoms with Crippen molar-refractivity contribution < 1.29 is 27.1 Å². The third-order valence-electron chi connectivity index (χ3n) is 5.22. The van der Waals surface area contributed by atoms with Crippen LogP contribution in [0.4, 0.5) is 23.2 Å². The van der Waals surface area contributed by atoms with Gasteiger partial charge in [0, 0.05) is 10.4 Å². The number of amides is 1. The molecule has 1 aliphatic carbocycles. The Balaban J connectivity index is 1.76. The van der Waals surface area contributed by atoms with Crippen molar-refractivity contribution in [1.82, 2.24) is 0 Å². The minimum absolute atomic E-state index is 0.0463. The summed E-state index contributed by atoms with van der Waals surface area (Å²) in [6.45, 7) is 3.57. The second kappa shape index (κ2) is 9.20. The number of ether oxygens (including phenoxy) is 1. The van der Waals surface area contributed by atoms with Gasteiger partial charge in [-0.25, -0.2) is 4.39 Å². The first-order valence-electron chi connectivity index (χ1n) is 9.36. The van der Waals surface area contributed by atoms with Crippen molar-refractivity contribution in [3.8, 4) is 0 Å². The second-order valence-corrected chi connectivity index (χ2v) is 8.17. The van der Waals surface area contributed by atoms with Crippen LogP contribution in [0.15, 0.2) is 59.8 Å². The molecule has 3 unspecified atom stereocenters. The van der Waals surface area contributed by atoms with Crippen LogP contribution in [0.5, 0.6) is 0 Å². The van der Waals surface area contributed by atoms with Gasteiger partial charge in [-0.05, 0) is 61.1 Å². The Hall–Kier alpha value is -2.35. The lowest BCUT2D eigenvalue weighted by Crippen LogP contribution is -2.34. The van der Waals surface area contributed by atoms with Gasteiger partial charge >= 0.3 is 6.18 Å². The van der Waals surface area contributed by atoms with Crippen molar-refractivity contribution in [1.29, 1.82) is 0 Å². The monoisotopic (exact) mass is 485 g/mol. The van der Waals surface area contributed by atoms with Gasteiger partial charge in [-0.15, -0.1) is 0 Å². The molecule has 30 heavy (non-hydrogen) atoms. The van der Waals surface area contributed by atoms with Crippen molar-refractivity contribution in [2.24, 2.45) is 5.92 Å². The molecule has 1 N–H and O–H groups in total. The highest BCUT2D eigenvalue weighted by molar-refractivity contribution is 9.10. The maximum Gasteiger partial charge on any atom is 0.416 e. The molecular weight excluding hydrogens is 466 g/mol. The van der Waals surface area contributed by atoms with Gasteiger partial charge in [0.1, 0.15) is 5.82 Å². The molecule has 1 amide bonds. The molecule has 0 heterocycles. The average molecular weight is 486 g/mol. The summed E-state index contributed by atoms with van der Waals surface area (Å²) in [6, 6.07) is 9.83. The predicted molar refractivity (Wildman–Crippen MR) is 109 cm³/mol. The Morgan fingerprint density at radius 2 is 1.83 bits per heavy atom. The van der Waals surface area contributed by atoms with Crippen LogP contribution in [0.3, 0.4) is 0 Å². The van der Waals surface area contributed by atoms with E-state index in [0.29, 0.717) is 25.3 Å². The smallest absolute Gasteiger partial charge is 0.416 e. The molecule has 0 aromatic heterocycles. The van der Waals surface area contributed by atoms with Crippen LogP contribution >= 0.6 is 15.9 Å². The van der Waals surface area contributed by atoms with E-state index in [1.54, 1.807) is 0 Å². The van der Waals surface area contributed by atoms with E-state index in [1.165, 1.54) is 6.26 Å². The van der Waals surface area contributed by atoms with Crippen LogP contribution in [-0.4, -0.2) is 12.0 Å². The number of anilines is 1. The maximum atomic E-state index is 14.1. The lowest BCUT2D eigenvalue weighted by Gasteiger charge is -2.34. The summed E-state index contributed by atoms with van der Waals surface area (Å²) >= 11 is 3.39. The number of nitrogens with one attached hydrogen (secondary N) is 1. The number of rotatable bonds is 5. The van der Waals surface area contributed by atoms with E-state index in [9.17, 15) is 22.4 Å². The van der Waals surface area contributed by atoms with E-state index in [-0.39, 0.29) is 17.7 Å². The Labute approximate surface area is 180 Å². The molecule has 1 fully saturated rings. The molecule has 0 aliphatic heterocycles. The molecule has 1 aliphatic rings. The van der Waals surface area contributed by atoms with Crippen molar-refractivity contribution in [3.63, 3.8) is 0 Å². The second-order valence-electron chi connectivity index (χ2n) is 7.26. The molecule has 0 bridgehead atoms. The molecule has 2 aromatic carbocycles. The largest absolute Gasteiger partial charge is 0.499 e. The number of hydrogen-bond donors (Lipinski definition) is 1. The average Bonchev–Trinajstić information content (AvgIpc) is 2.69. The molecule has 3 atom stereocenters. The summed E-state index contributed by atoms with van der Waals surface area (Å²) in [7, 11) is 0. The Kier molecular flexibility index (Phi) is 6.85. The molecule has 8 heteroatoms. The van der Waals surface area contributed by atoms with Crippen molar-refractivity contribution in [3.05, 3.63) is 76.7 Å². The zero-order valence-corrected chi connectivity index (χ0v) is 17.5. The number of hydrogen-bond acceptors (Lipinski definition) is 2. The maximum absolute atomic E-state index is 14.1. The highest BCUT2D eigenvalue weighted by atomic mass is 79.9. The summed E-state index contributed by atoms with van der Waals surface area (Å²) in [5, 5.41) is 2.43.